The highest BCUT2D eigenvalue weighted by molar-refractivity contribution is 5.74. The zero-order valence-corrected chi connectivity index (χ0v) is 10.7. The van der Waals surface area contributed by atoms with E-state index in [0.29, 0.717) is 12.5 Å². The second-order valence-electron chi connectivity index (χ2n) is 4.85. The smallest absolute Gasteiger partial charge is 0.318 e. The highest BCUT2D eigenvalue weighted by Crippen LogP contribution is 2.23. The average molecular weight is 248 g/mol. The topological polar surface area (TPSA) is 52.6 Å². The van der Waals surface area contributed by atoms with Crippen molar-refractivity contribution in [1.29, 1.82) is 0 Å². The lowest BCUT2D eigenvalue weighted by Gasteiger charge is -2.25. The van der Waals surface area contributed by atoms with E-state index in [4.69, 9.17) is 0 Å². The number of likely N-dealkylation sites (tertiary alicyclic amines) is 1. The number of aliphatic hydroxyl groups excluding tert-OH is 1. The van der Waals surface area contributed by atoms with Crippen LogP contribution in [0.4, 0.5) is 4.79 Å². The van der Waals surface area contributed by atoms with Crippen LogP contribution in [0.15, 0.2) is 30.3 Å². The number of aliphatic hydroxyl groups is 1. The summed E-state index contributed by atoms with van der Waals surface area (Å²) in [4.78, 5) is 13.8. The second-order valence-corrected chi connectivity index (χ2v) is 4.85. The van der Waals surface area contributed by atoms with Gasteiger partial charge in [0.1, 0.15) is 0 Å². The van der Waals surface area contributed by atoms with Gasteiger partial charge in [0.25, 0.3) is 0 Å². The van der Waals surface area contributed by atoms with Crippen LogP contribution in [0.3, 0.4) is 0 Å². The van der Waals surface area contributed by atoms with Crippen molar-refractivity contribution in [3.05, 3.63) is 35.9 Å². The molecule has 0 aliphatic carbocycles. The Balaban J connectivity index is 1.88. The van der Waals surface area contributed by atoms with E-state index in [0.717, 1.165) is 18.5 Å². The Bertz CT molecular complexity index is 394. The minimum absolute atomic E-state index is 0.0410. The number of hydrogen-bond acceptors (Lipinski definition) is 2. The minimum atomic E-state index is -0.0812. The molecule has 1 saturated heterocycles. The van der Waals surface area contributed by atoms with Gasteiger partial charge in [0, 0.05) is 13.1 Å². The van der Waals surface area contributed by atoms with Crippen LogP contribution in [0.1, 0.15) is 18.9 Å². The van der Waals surface area contributed by atoms with Gasteiger partial charge in [-0.2, -0.15) is 0 Å². The van der Waals surface area contributed by atoms with Crippen molar-refractivity contribution in [3.63, 3.8) is 0 Å². The van der Waals surface area contributed by atoms with E-state index in [2.05, 4.69) is 12.2 Å². The Morgan fingerprint density at radius 2 is 2.17 bits per heavy atom. The molecule has 2 rings (SSSR count). The van der Waals surface area contributed by atoms with E-state index in [1.54, 1.807) is 4.90 Å². The number of nitrogens with one attached hydrogen (secondary N) is 1. The first-order chi connectivity index (χ1) is 8.72. The van der Waals surface area contributed by atoms with Crippen molar-refractivity contribution in [2.24, 2.45) is 5.92 Å². The maximum atomic E-state index is 12.0. The van der Waals surface area contributed by atoms with Gasteiger partial charge in [-0.15, -0.1) is 0 Å². The van der Waals surface area contributed by atoms with Crippen LogP contribution in [0, 0.1) is 5.92 Å². The number of rotatable bonds is 3. The number of benzene rings is 1. The third kappa shape index (κ3) is 2.82. The molecule has 2 N–H and O–H groups in total. The predicted molar refractivity (Wildman–Crippen MR) is 70.0 cm³/mol. The van der Waals surface area contributed by atoms with Crippen LogP contribution < -0.4 is 5.32 Å². The van der Waals surface area contributed by atoms with Gasteiger partial charge in [0.05, 0.1) is 12.6 Å². The molecule has 4 heteroatoms. The fraction of sp³-hybridized carbons (Fsp3) is 0.500. The van der Waals surface area contributed by atoms with Gasteiger partial charge in [0.2, 0.25) is 0 Å². The number of amides is 2. The Morgan fingerprint density at radius 1 is 1.44 bits per heavy atom. The van der Waals surface area contributed by atoms with Crippen LogP contribution >= 0.6 is 0 Å². The number of nitrogens with zero attached hydrogens (tertiary/aromatic N) is 1. The maximum absolute atomic E-state index is 12.0. The first kappa shape index (κ1) is 12.9. The molecule has 0 radical (unpaired) electrons. The van der Waals surface area contributed by atoms with Crippen molar-refractivity contribution in [2.45, 2.75) is 25.9 Å². The summed E-state index contributed by atoms with van der Waals surface area (Å²) < 4.78 is 0. The molecule has 0 spiro atoms. The van der Waals surface area contributed by atoms with Crippen LogP contribution in [-0.2, 0) is 6.54 Å². The fourth-order valence-electron chi connectivity index (χ4n) is 2.41. The Labute approximate surface area is 108 Å². The van der Waals surface area contributed by atoms with E-state index in [1.165, 1.54) is 0 Å². The van der Waals surface area contributed by atoms with Gasteiger partial charge in [-0.1, -0.05) is 37.3 Å². The highest BCUT2D eigenvalue weighted by Gasteiger charge is 2.33. The Morgan fingerprint density at radius 3 is 2.83 bits per heavy atom. The molecule has 2 unspecified atom stereocenters. The summed E-state index contributed by atoms with van der Waals surface area (Å²) in [6, 6.07) is 9.71. The van der Waals surface area contributed by atoms with Gasteiger partial charge in [-0.25, -0.2) is 4.79 Å². The van der Waals surface area contributed by atoms with Crippen LogP contribution in [0.5, 0.6) is 0 Å². The zero-order chi connectivity index (χ0) is 13.0. The summed E-state index contributed by atoms with van der Waals surface area (Å²) in [7, 11) is 0. The molecule has 2 atom stereocenters. The molecule has 1 aromatic rings. The van der Waals surface area contributed by atoms with Gasteiger partial charge < -0.3 is 15.3 Å². The van der Waals surface area contributed by atoms with E-state index in [9.17, 15) is 9.90 Å². The fourth-order valence-corrected chi connectivity index (χ4v) is 2.41. The first-order valence-corrected chi connectivity index (χ1v) is 6.41. The van der Waals surface area contributed by atoms with Crippen molar-refractivity contribution in [2.75, 3.05) is 13.2 Å². The molecular weight excluding hydrogens is 228 g/mol. The monoisotopic (exact) mass is 248 g/mol. The molecule has 1 fully saturated rings. The molecular formula is C14H20N2O2. The van der Waals surface area contributed by atoms with Crippen molar-refractivity contribution < 1.29 is 9.90 Å². The van der Waals surface area contributed by atoms with E-state index < -0.39 is 0 Å². The third-order valence-corrected chi connectivity index (χ3v) is 3.62. The number of carbonyl (C=O) groups excluding carboxylic acids is 1. The number of hydrogen-bond donors (Lipinski definition) is 2. The summed E-state index contributed by atoms with van der Waals surface area (Å²) in [5, 5.41) is 12.2. The quantitative estimate of drug-likeness (QED) is 0.853. The lowest BCUT2D eigenvalue weighted by molar-refractivity contribution is 0.143. The minimum Gasteiger partial charge on any atom is -0.394 e. The van der Waals surface area contributed by atoms with Gasteiger partial charge in [-0.3, -0.25) is 0 Å². The molecule has 4 nitrogen and oxygen atoms in total. The molecule has 0 aromatic heterocycles. The maximum Gasteiger partial charge on any atom is 0.318 e. The van der Waals surface area contributed by atoms with Crippen molar-refractivity contribution >= 4 is 6.03 Å². The molecule has 98 valence electrons. The predicted octanol–water partition coefficient (Wildman–Crippen LogP) is 1.60. The highest BCUT2D eigenvalue weighted by atomic mass is 16.3. The molecule has 1 heterocycles. The number of carbonyl (C=O) groups is 1. The second kappa shape index (κ2) is 5.87. The van der Waals surface area contributed by atoms with Gasteiger partial charge in [0.15, 0.2) is 0 Å². The standard InChI is InChI=1S/C14H20N2O2/c1-11-7-8-16(13(11)10-17)14(18)15-9-12-5-3-2-4-6-12/h2-6,11,13,17H,7-10H2,1H3,(H,15,18). The van der Waals surface area contributed by atoms with Crippen molar-refractivity contribution in [1.82, 2.24) is 10.2 Å². The first-order valence-electron chi connectivity index (χ1n) is 6.41. The molecule has 0 bridgehead atoms. The Hall–Kier alpha value is -1.55. The van der Waals surface area contributed by atoms with E-state index in [-0.39, 0.29) is 18.7 Å². The van der Waals surface area contributed by atoms with Gasteiger partial charge >= 0.3 is 6.03 Å². The molecule has 1 aromatic carbocycles. The van der Waals surface area contributed by atoms with Gasteiger partial charge in [-0.05, 0) is 17.9 Å². The van der Waals surface area contributed by atoms with Crippen LogP contribution in [0.25, 0.3) is 0 Å². The van der Waals surface area contributed by atoms with Crippen LogP contribution in [0.2, 0.25) is 0 Å². The molecule has 1 aliphatic rings. The normalized spacial score (nSPS) is 23.1. The largest absolute Gasteiger partial charge is 0.394 e. The average Bonchev–Trinajstić information content (AvgIpc) is 2.78. The Kier molecular flexibility index (Phi) is 4.20. The van der Waals surface area contributed by atoms with Crippen molar-refractivity contribution in [3.8, 4) is 0 Å². The summed E-state index contributed by atoms with van der Waals surface area (Å²) in [6.07, 6.45) is 0.962. The molecule has 1 aliphatic heterocycles. The SMILES string of the molecule is CC1CCN(C(=O)NCc2ccccc2)C1CO. The lowest BCUT2D eigenvalue weighted by Crippen LogP contribution is -2.45. The third-order valence-electron chi connectivity index (χ3n) is 3.62. The zero-order valence-electron chi connectivity index (χ0n) is 10.7. The molecule has 0 saturated carbocycles. The van der Waals surface area contributed by atoms with E-state index in [1.807, 2.05) is 30.3 Å². The van der Waals surface area contributed by atoms with Crippen LogP contribution in [-0.4, -0.2) is 35.2 Å². The molecule has 2 amide bonds. The summed E-state index contributed by atoms with van der Waals surface area (Å²) >= 11 is 0. The lowest BCUT2D eigenvalue weighted by atomic mass is 10.0. The molecule has 18 heavy (non-hydrogen) atoms. The summed E-state index contributed by atoms with van der Waals surface area (Å²) in [6.45, 7) is 3.38. The van der Waals surface area contributed by atoms with E-state index >= 15 is 0 Å². The number of urea groups is 1. The summed E-state index contributed by atoms with van der Waals surface area (Å²) in [5.74, 6) is 0.373. The summed E-state index contributed by atoms with van der Waals surface area (Å²) in [5.41, 5.74) is 1.08.